The maximum atomic E-state index is 2.33. The van der Waals surface area contributed by atoms with Crippen molar-refractivity contribution in [2.24, 2.45) is 0 Å². The van der Waals surface area contributed by atoms with Crippen molar-refractivity contribution in [3.8, 4) is 44.5 Å². The molecule has 320 valence electrons. The van der Waals surface area contributed by atoms with Crippen LogP contribution in [-0.2, 0) is 0 Å². The van der Waals surface area contributed by atoms with E-state index >= 15 is 0 Å². The second-order valence-electron chi connectivity index (χ2n) is 17.2. The van der Waals surface area contributed by atoms with Gasteiger partial charge in [0.2, 0.25) is 0 Å². The molecule has 0 aliphatic heterocycles. The number of anilines is 6. The van der Waals surface area contributed by atoms with Gasteiger partial charge >= 0.3 is 0 Å². The Morgan fingerprint density at radius 2 is 0.353 bits per heavy atom. The lowest BCUT2D eigenvalue weighted by molar-refractivity contribution is 1.28. The summed E-state index contributed by atoms with van der Waals surface area (Å²) in [6, 6.07) is 101. The van der Waals surface area contributed by atoms with Crippen LogP contribution in [0.15, 0.2) is 279 Å². The van der Waals surface area contributed by atoms with Gasteiger partial charge in [0.1, 0.15) is 0 Å². The quantitative estimate of drug-likeness (QED) is 0.126. The van der Waals surface area contributed by atoms with Gasteiger partial charge in [0, 0.05) is 34.1 Å². The van der Waals surface area contributed by atoms with E-state index in [1.54, 1.807) is 0 Å². The van der Waals surface area contributed by atoms with E-state index in [1.807, 2.05) is 0 Å². The van der Waals surface area contributed by atoms with Crippen LogP contribution in [0.25, 0.3) is 76.8 Å². The predicted molar refractivity (Wildman–Crippen MR) is 290 cm³/mol. The lowest BCUT2D eigenvalue weighted by atomic mass is 9.77. The van der Waals surface area contributed by atoms with Gasteiger partial charge in [-0.15, -0.1) is 0 Å². The molecule has 2 nitrogen and oxygen atoms in total. The van der Waals surface area contributed by atoms with Crippen LogP contribution < -0.4 is 9.80 Å². The third-order valence-corrected chi connectivity index (χ3v) is 13.2. The Kier molecular flexibility index (Phi) is 10.6. The molecular weight excluding hydrogens is 821 g/mol. The number of hydrogen-bond acceptors (Lipinski definition) is 2. The topological polar surface area (TPSA) is 6.48 Å². The number of para-hydroxylation sites is 4. The highest BCUT2D eigenvalue weighted by molar-refractivity contribution is 6.33. The van der Waals surface area contributed by atoms with E-state index in [-0.39, 0.29) is 0 Å². The molecule has 0 fully saturated rings. The van der Waals surface area contributed by atoms with E-state index in [1.165, 1.54) is 65.7 Å². The maximum Gasteiger partial charge on any atom is 0.0462 e. The SMILES string of the molecule is c1ccc(-c2c3ccccc3c(-c3ccc(N(c4ccccc4)c4ccccc4)cc3)c3c(-c4ccc(N(c5ccccc5)c5ccccc5)cc4)c4ccccc4c(-c4ccccc4)c23)cc1. The smallest absolute Gasteiger partial charge is 0.0462 e. The Bertz CT molecular complexity index is 3350. The molecule has 0 atom stereocenters. The minimum absolute atomic E-state index is 1.09. The van der Waals surface area contributed by atoms with Crippen molar-refractivity contribution >= 4 is 66.4 Å². The maximum absolute atomic E-state index is 2.33. The fourth-order valence-corrected chi connectivity index (χ4v) is 10.3. The second kappa shape index (κ2) is 17.8. The molecular formula is C66H46N2. The highest BCUT2D eigenvalue weighted by Crippen LogP contribution is 2.54. The van der Waals surface area contributed by atoms with E-state index < -0.39 is 0 Å². The lowest BCUT2D eigenvalue weighted by Gasteiger charge is -2.27. The third kappa shape index (κ3) is 7.26. The average molecular weight is 867 g/mol. The first-order chi connectivity index (χ1) is 33.8. The zero-order valence-corrected chi connectivity index (χ0v) is 37.5. The molecule has 0 spiro atoms. The minimum Gasteiger partial charge on any atom is -0.311 e. The van der Waals surface area contributed by atoms with Crippen LogP contribution in [0.1, 0.15) is 0 Å². The highest BCUT2D eigenvalue weighted by Gasteiger charge is 2.26. The standard InChI is InChI=1S/C66H46N2/c1-7-23-47(24-8-1)61-57-35-19-21-37-59(57)63(49-39-43-55(44-40-49)67(51-27-11-3-12-28-51)52-29-13-4-14-30-52)66-64(60-38-22-20-36-58(60)62(65(61)66)48-25-9-2-10-26-48)50-41-45-56(46-42-50)68(53-31-15-5-16-32-53)54-33-17-6-18-34-54/h1-46H. The number of nitrogens with zero attached hydrogens (tertiary/aromatic N) is 2. The van der Waals surface area contributed by atoms with Gasteiger partial charge in [-0.3, -0.25) is 0 Å². The summed E-state index contributed by atoms with van der Waals surface area (Å²) in [6.45, 7) is 0. The lowest BCUT2D eigenvalue weighted by Crippen LogP contribution is -2.09. The van der Waals surface area contributed by atoms with Gasteiger partial charge in [0.15, 0.2) is 0 Å². The summed E-state index contributed by atoms with van der Waals surface area (Å²) in [5.41, 5.74) is 16.2. The van der Waals surface area contributed by atoms with Crippen LogP contribution in [0.3, 0.4) is 0 Å². The van der Waals surface area contributed by atoms with Crippen LogP contribution in [-0.4, -0.2) is 0 Å². The Morgan fingerprint density at radius 3 is 0.603 bits per heavy atom. The Morgan fingerprint density at radius 1 is 0.162 bits per heavy atom. The molecule has 0 N–H and O–H groups in total. The van der Waals surface area contributed by atoms with E-state index in [0.29, 0.717) is 0 Å². The normalized spacial score (nSPS) is 11.2. The van der Waals surface area contributed by atoms with Gasteiger partial charge < -0.3 is 9.80 Å². The number of benzene rings is 12. The van der Waals surface area contributed by atoms with Crippen molar-refractivity contribution in [2.45, 2.75) is 0 Å². The Balaban J connectivity index is 1.19. The van der Waals surface area contributed by atoms with Crippen molar-refractivity contribution in [1.82, 2.24) is 0 Å². The van der Waals surface area contributed by atoms with Gasteiger partial charge in [-0.1, -0.05) is 206 Å². The van der Waals surface area contributed by atoms with E-state index in [2.05, 4.69) is 289 Å². The summed E-state index contributed by atoms with van der Waals surface area (Å²) in [6.07, 6.45) is 0. The van der Waals surface area contributed by atoms with Crippen LogP contribution in [0.5, 0.6) is 0 Å². The van der Waals surface area contributed by atoms with Gasteiger partial charge in [-0.05, 0) is 150 Å². The molecule has 0 aliphatic rings. The number of fused-ring (bicyclic) bond motifs is 3. The van der Waals surface area contributed by atoms with Crippen LogP contribution >= 0.6 is 0 Å². The van der Waals surface area contributed by atoms with Gasteiger partial charge in [-0.25, -0.2) is 0 Å². The zero-order valence-electron chi connectivity index (χ0n) is 37.5. The largest absolute Gasteiger partial charge is 0.311 e. The third-order valence-electron chi connectivity index (χ3n) is 13.2. The Labute approximate surface area is 397 Å². The monoisotopic (exact) mass is 866 g/mol. The van der Waals surface area contributed by atoms with E-state index in [0.717, 1.165) is 45.3 Å². The van der Waals surface area contributed by atoms with Gasteiger partial charge in [0.05, 0.1) is 0 Å². The molecule has 0 radical (unpaired) electrons. The summed E-state index contributed by atoms with van der Waals surface area (Å²) in [4.78, 5) is 4.67. The summed E-state index contributed by atoms with van der Waals surface area (Å²) in [5, 5.41) is 7.32. The summed E-state index contributed by atoms with van der Waals surface area (Å²) in [5.74, 6) is 0. The molecule has 0 aliphatic carbocycles. The minimum atomic E-state index is 1.09. The summed E-state index contributed by atoms with van der Waals surface area (Å²) < 4.78 is 0. The molecule has 0 bridgehead atoms. The molecule has 0 heterocycles. The van der Waals surface area contributed by atoms with Crippen molar-refractivity contribution < 1.29 is 0 Å². The summed E-state index contributed by atoms with van der Waals surface area (Å²) >= 11 is 0. The van der Waals surface area contributed by atoms with Gasteiger partial charge in [0.25, 0.3) is 0 Å². The predicted octanol–water partition coefficient (Wildman–Crippen LogP) is 18.8. The highest BCUT2D eigenvalue weighted by atomic mass is 15.1. The van der Waals surface area contributed by atoms with Crippen molar-refractivity contribution in [1.29, 1.82) is 0 Å². The van der Waals surface area contributed by atoms with Crippen LogP contribution in [0.2, 0.25) is 0 Å². The molecule has 12 rings (SSSR count). The first-order valence-corrected chi connectivity index (χ1v) is 23.4. The molecule has 0 amide bonds. The zero-order chi connectivity index (χ0) is 45.2. The Hall–Kier alpha value is -8.98. The first-order valence-electron chi connectivity index (χ1n) is 23.4. The second-order valence-corrected chi connectivity index (χ2v) is 17.2. The van der Waals surface area contributed by atoms with Crippen LogP contribution in [0, 0.1) is 0 Å². The molecule has 12 aromatic carbocycles. The van der Waals surface area contributed by atoms with Crippen molar-refractivity contribution in [2.75, 3.05) is 9.80 Å². The molecule has 0 aromatic heterocycles. The van der Waals surface area contributed by atoms with Crippen LogP contribution in [0.4, 0.5) is 34.1 Å². The van der Waals surface area contributed by atoms with Crippen molar-refractivity contribution in [3.63, 3.8) is 0 Å². The molecule has 12 aromatic rings. The molecule has 2 heteroatoms. The average Bonchev–Trinajstić information content (AvgIpc) is 3.42. The number of rotatable bonds is 10. The first kappa shape index (κ1) is 40.5. The molecule has 0 saturated carbocycles. The fourth-order valence-electron chi connectivity index (χ4n) is 10.3. The summed E-state index contributed by atoms with van der Waals surface area (Å²) in [7, 11) is 0. The van der Waals surface area contributed by atoms with Gasteiger partial charge in [-0.2, -0.15) is 0 Å². The fraction of sp³-hybridized carbons (Fsp3) is 0. The van der Waals surface area contributed by atoms with E-state index in [9.17, 15) is 0 Å². The molecule has 68 heavy (non-hydrogen) atoms. The number of hydrogen-bond donors (Lipinski definition) is 0. The molecule has 0 saturated heterocycles. The molecule has 0 unspecified atom stereocenters. The van der Waals surface area contributed by atoms with E-state index in [4.69, 9.17) is 0 Å². The van der Waals surface area contributed by atoms with Crippen molar-refractivity contribution in [3.05, 3.63) is 279 Å².